The molecule has 92 valence electrons. The van der Waals surface area contributed by atoms with Crippen molar-refractivity contribution in [3.63, 3.8) is 0 Å². The van der Waals surface area contributed by atoms with Crippen molar-refractivity contribution in [3.05, 3.63) is 34.3 Å². The van der Waals surface area contributed by atoms with Crippen LogP contribution in [0.25, 0.3) is 0 Å². The van der Waals surface area contributed by atoms with Crippen molar-refractivity contribution in [2.45, 2.75) is 13.5 Å². The number of carboxylic acid groups (broad SMARTS) is 1. The molecule has 17 heavy (non-hydrogen) atoms. The van der Waals surface area contributed by atoms with E-state index < -0.39 is 11.9 Å². The summed E-state index contributed by atoms with van der Waals surface area (Å²) in [6.07, 6.45) is 0. The number of benzene rings is 1. The average molecular weight is 300 g/mol. The van der Waals surface area contributed by atoms with Crippen LogP contribution in [0.1, 0.15) is 12.5 Å². The number of nitrogens with zero attached hydrogens (tertiary/aromatic N) is 1. The zero-order valence-corrected chi connectivity index (χ0v) is 11.3. The number of hydrogen-bond donors (Lipinski definition) is 1. The maximum atomic E-state index is 11.7. The Hall–Kier alpha value is -1.36. The van der Waals surface area contributed by atoms with E-state index in [0.717, 1.165) is 10.0 Å². The fourth-order valence-corrected chi connectivity index (χ4v) is 1.64. The van der Waals surface area contributed by atoms with E-state index in [4.69, 9.17) is 5.11 Å². The smallest absolute Gasteiger partial charge is 0.315 e. The van der Waals surface area contributed by atoms with Crippen molar-refractivity contribution in [2.75, 3.05) is 7.05 Å². The van der Waals surface area contributed by atoms with E-state index >= 15 is 0 Å². The minimum Gasteiger partial charge on any atom is -0.481 e. The third-order valence-electron chi connectivity index (χ3n) is 2.45. The van der Waals surface area contributed by atoms with Gasteiger partial charge in [-0.25, -0.2) is 0 Å². The maximum absolute atomic E-state index is 11.7. The third-order valence-corrected chi connectivity index (χ3v) is 2.98. The molecule has 1 aromatic carbocycles. The molecule has 0 saturated heterocycles. The number of rotatable bonds is 4. The SMILES string of the molecule is CC(C(=O)O)C(=O)N(C)Cc1ccc(Br)cc1. The van der Waals surface area contributed by atoms with Gasteiger partial charge in [0.05, 0.1) is 0 Å². The predicted molar refractivity (Wildman–Crippen MR) is 67.4 cm³/mol. The molecule has 0 heterocycles. The lowest BCUT2D eigenvalue weighted by Gasteiger charge is -2.19. The number of carboxylic acids is 1. The van der Waals surface area contributed by atoms with Gasteiger partial charge in [0.25, 0.3) is 0 Å². The first kappa shape index (κ1) is 13.7. The Bertz CT molecular complexity index is 416. The maximum Gasteiger partial charge on any atom is 0.315 e. The normalized spacial score (nSPS) is 11.9. The van der Waals surface area contributed by atoms with Gasteiger partial charge < -0.3 is 10.0 Å². The molecule has 0 aliphatic heterocycles. The van der Waals surface area contributed by atoms with E-state index in [9.17, 15) is 9.59 Å². The Morgan fingerprint density at radius 2 is 1.88 bits per heavy atom. The molecule has 0 radical (unpaired) electrons. The lowest BCUT2D eigenvalue weighted by Crippen LogP contribution is -2.34. The van der Waals surface area contributed by atoms with Crippen LogP contribution in [-0.4, -0.2) is 28.9 Å². The van der Waals surface area contributed by atoms with Crippen molar-refractivity contribution in [3.8, 4) is 0 Å². The molecule has 1 amide bonds. The summed E-state index contributed by atoms with van der Waals surface area (Å²) in [5, 5.41) is 8.75. The molecule has 0 bridgehead atoms. The zero-order chi connectivity index (χ0) is 13.0. The highest BCUT2D eigenvalue weighted by molar-refractivity contribution is 9.10. The van der Waals surface area contributed by atoms with Gasteiger partial charge in [-0.15, -0.1) is 0 Å². The molecule has 1 N–H and O–H groups in total. The number of hydrogen-bond acceptors (Lipinski definition) is 2. The summed E-state index contributed by atoms with van der Waals surface area (Å²) >= 11 is 3.32. The van der Waals surface area contributed by atoms with Crippen molar-refractivity contribution in [1.29, 1.82) is 0 Å². The summed E-state index contributed by atoms with van der Waals surface area (Å²) in [5.41, 5.74) is 0.960. The lowest BCUT2D eigenvalue weighted by atomic mass is 10.1. The highest BCUT2D eigenvalue weighted by Gasteiger charge is 2.23. The number of carbonyl (C=O) groups excluding carboxylic acids is 1. The molecule has 0 spiro atoms. The molecule has 5 heteroatoms. The van der Waals surface area contributed by atoms with Gasteiger partial charge in [-0.05, 0) is 24.6 Å². The van der Waals surface area contributed by atoms with Gasteiger partial charge in [0.15, 0.2) is 0 Å². The zero-order valence-electron chi connectivity index (χ0n) is 9.68. The van der Waals surface area contributed by atoms with E-state index in [1.807, 2.05) is 24.3 Å². The van der Waals surface area contributed by atoms with Gasteiger partial charge in [0.1, 0.15) is 5.92 Å². The van der Waals surface area contributed by atoms with Crippen LogP contribution < -0.4 is 0 Å². The minimum absolute atomic E-state index is 0.389. The Labute approximate surface area is 108 Å². The first-order valence-corrected chi connectivity index (χ1v) is 5.93. The highest BCUT2D eigenvalue weighted by Crippen LogP contribution is 2.12. The quantitative estimate of drug-likeness (QED) is 0.867. The molecule has 1 aromatic rings. The Morgan fingerprint density at radius 3 is 2.35 bits per heavy atom. The number of amides is 1. The first-order valence-electron chi connectivity index (χ1n) is 5.14. The molecule has 4 nitrogen and oxygen atoms in total. The van der Waals surface area contributed by atoms with Gasteiger partial charge in [-0.3, -0.25) is 9.59 Å². The Kier molecular flexibility index (Phi) is 4.69. The van der Waals surface area contributed by atoms with Gasteiger partial charge in [0, 0.05) is 18.1 Å². The van der Waals surface area contributed by atoms with Crippen molar-refractivity contribution < 1.29 is 14.7 Å². The second-order valence-electron chi connectivity index (χ2n) is 3.88. The second-order valence-corrected chi connectivity index (χ2v) is 4.80. The molecule has 0 aliphatic rings. The topological polar surface area (TPSA) is 57.6 Å². The van der Waals surface area contributed by atoms with Gasteiger partial charge in [-0.2, -0.15) is 0 Å². The van der Waals surface area contributed by atoms with Gasteiger partial charge in [0.2, 0.25) is 5.91 Å². The van der Waals surface area contributed by atoms with E-state index in [2.05, 4.69) is 15.9 Å². The summed E-state index contributed by atoms with van der Waals surface area (Å²) in [4.78, 5) is 23.8. The molecule has 1 atom stereocenters. The van der Waals surface area contributed by atoms with Crippen LogP contribution in [0.15, 0.2) is 28.7 Å². The third kappa shape index (κ3) is 3.85. The van der Waals surface area contributed by atoms with E-state index in [1.54, 1.807) is 7.05 Å². The number of carbonyl (C=O) groups is 2. The predicted octanol–water partition coefficient (Wildman–Crippen LogP) is 2.13. The molecule has 0 saturated carbocycles. The van der Waals surface area contributed by atoms with Crippen molar-refractivity contribution in [2.24, 2.45) is 5.92 Å². The summed E-state index contributed by atoms with van der Waals surface area (Å²) < 4.78 is 0.967. The fraction of sp³-hybridized carbons (Fsp3) is 0.333. The molecule has 0 fully saturated rings. The number of aliphatic carboxylic acids is 1. The highest BCUT2D eigenvalue weighted by atomic mass is 79.9. The summed E-state index contributed by atoms with van der Waals surface area (Å²) in [6.45, 7) is 1.80. The first-order chi connectivity index (χ1) is 7.91. The lowest BCUT2D eigenvalue weighted by molar-refractivity contribution is -0.149. The molecule has 1 rings (SSSR count). The Balaban J connectivity index is 2.66. The van der Waals surface area contributed by atoms with Crippen LogP contribution in [0.4, 0.5) is 0 Å². The van der Waals surface area contributed by atoms with Gasteiger partial charge in [-0.1, -0.05) is 28.1 Å². The van der Waals surface area contributed by atoms with Crippen LogP contribution in [0, 0.1) is 5.92 Å². The number of halogens is 1. The molecule has 0 aliphatic carbocycles. The van der Waals surface area contributed by atoms with Crippen LogP contribution in [0.2, 0.25) is 0 Å². The van der Waals surface area contributed by atoms with E-state index in [-0.39, 0.29) is 5.91 Å². The molecule has 0 aromatic heterocycles. The molecular formula is C12H14BrNO3. The van der Waals surface area contributed by atoms with Crippen molar-refractivity contribution >= 4 is 27.8 Å². The van der Waals surface area contributed by atoms with E-state index in [0.29, 0.717) is 6.54 Å². The summed E-state index contributed by atoms with van der Waals surface area (Å²) in [6, 6.07) is 7.54. The molecule has 1 unspecified atom stereocenters. The summed E-state index contributed by atoms with van der Waals surface area (Å²) in [5.74, 6) is -2.49. The molecular weight excluding hydrogens is 286 g/mol. The van der Waals surface area contributed by atoms with Gasteiger partial charge >= 0.3 is 5.97 Å². The monoisotopic (exact) mass is 299 g/mol. The van der Waals surface area contributed by atoms with Crippen molar-refractivity contribution in [1.82, 2.24) is 4.90 Å². The fourth-order valence-electron chi connectivity index (χ4n) is 1.38. The van der Waals surface area contributed by atoms with Crippen LogP contribution in [0.3, 0.4) is 0 Å². The minimum atomic E-state index is -1.10. The average Bonchev–Trinajstić information content (AvgIpc) is 2.30. The summed E-state index contributed by atoms with van der Waals surface area (Å²) in [7, 11) is 1.60. The standard InChI is InChI=1S/C12H14BrNO3/c1-8(12(16)17)11(15)14(2)7-9-3-5-10(13)6-4-9/h3-6,8H,7H2,1-2H3,(H,16,17). The van der Waals surface area contributed by atoms with Crippen LogP contribution in [-0.2, 0) is 16.1 Å². The van der Waals surface area contributed by atoms with E-state index in [1.165, 1.54) is 11.8 Å². The van der Waals surface area contributed by atoms with Crippen LogP contribution >= 0.6 is 15.9 Å². The largest absolute Gasteiger partial charge is 0.481 e. The van der Waals surface area contributed by atoms with Crippen LogP contribution in [0.5, 0.6) is 0 Å². The second kappa shape index (κ2) is 5.82. The Morgan fingerprint density at radius 1 is 1.35 bits per heavy atom.